The van der Waals surface area contributed by atoms with Gasteiger partial charge < -0.3 is 16.0 Å². The van der Waals surface area contributed by atoms with Gasteiger partial charge in [-0.3, -0.25) is 0 Å². The number of nitrogens with two attached hydrogens (primary N) is 1. The molecule has 0 unspecified atom stereocenters. The van der Waals surface area contributed by atoms with Crippen molar-refractivity contribution in [2.75, 3.05) is 43.5 Å². The quantitative estimate of drug-likeness (QED) is 0.807. The average Bonchev–Trinajstić information content (AvgIpc) is 2.40. The number of rotatable bonds is 5. The third-order valence-corrected chi connectivity index (χ3v) is 4.81. The van der Waals surface area contributed by atoms with Gasteiger partial charge in [-0.15, -0.1) is 0 Å². The van der Waals surface area contributed by atoms with E-state index in [0.29, 0.717) is 11.4 Å². The van der Waals surface area contributed by atoms with Crippen molar-refractivity contribution in [1.82, 2.24) is 4.90 Å². The van der Waals surface area contributed by atoms with Gasteiger partial charge in [-0.25, -0.2) is 8.42 Å². The first-order chi connectivity index (χ1) is 9.48. The Bertz CT molecular complexity index is 552. The van der Waals surface area contributed by atoms with Crippen molar-refractivity contribution in [3.63, 3.8) is 0 Å². The van der Waals surface area contributed by atoms with Crippen molar-refractivity contribution in [2.24, 2.45) is 0 Å². The van der Waals surface area contributed by atoms with E-state index in [-0.39, 0.29) is 4.90 Å². The number of hydrogen-bond donors (Lipinski definition) is 2. The standard InChI is InChI=1S/C14H23N3O2S/c1-20(18,19)13-7-5-6-12(14(13)15)16-8-11-17-9-3-2-4-10-17/h5-7,16H,2-4,8-11,15H2,1H3. The van der Waals surface area contributed by atoms with Crippen molar-refractivity contribution in [3.05, 3.63) is 18.2 Å². The van der Waals surface area contributed by atoms with Gasteiger partial charge in [0.05, 0.1) is 16.3 Å². The van der Waals surface area contributed by atoms with Crippen molar-refractivity contribution in [2.45, 2.75) is 24.2 Å². The summed E-state index contributed by atoms with van der Waals surface area (Å²) in [6.07, 6.45) is 5.04. The molecule has 1 aromatic rings. The second kappa shape index (κ2) is 6.45. The Labute approximate surface area is 121 Å². The lowest BCUT2D eigenvalue weighted by Crippen LogP contribution is -2.33. The summed E-state index contributed by atoms with van der Waals surface area (Å²) < 4.78 is 23.2. The normalized spacial score (nSPS) is 17.1. The molecule has 0 atom stereocenters. The lowest BCUT2D eigenvalue weighted by Gasteiger charge is -2.26. The van der Waals surface area contributed by atoms with E-state index >= 15 is 0 Å². The summed E-state index contributed by atoms with van der Waals surface area (Å²) in [6, 6.07) is 5.08. The van der Waals surface area contributed by atoms with Crippen LogP contribution in [0.15, 0.2) is 23.1 Å². The minimum Gasteiger partial charge on any atom is -0.396 e. The van der Waals surface area contributed by atoms with Crippen molar-refractivity contribution in [1.29, 1.82) is 0 Å². The highest BCUT2D eigenvalue weighted by atomic mass is 32.2. The average molecular weight is 297 g/mol. The molecule has 5 nitrogen and oxygen atoms in total. The number of hydrogen-bond acceptors (Lipinski definition) is 5. The molecule has 112 valence electrons. The number of likely N-dealkylation sites (tertiary alicyclic amines) is 1. The molecule has 2 rings (SSSR count). The summed E-state index contributed by atoms with van der Waals surface area (Å²) in [5.41, 5.74) is 6.95. The molecule has 3 N–H and O–H groups in total. The fourth-order valence-corrected chi connectivity index (χ4v) is 3.39. The van der Waals surface area contributed by atoms with E-state index in [9.17, 15) is 8.42 Å². The molecule has 6 heteroatoms. The second-order valence-corrected chi connectivity index (χ2v) is 7.30. The highest BCUT2D eigenvalue weighted by Crippen LogP contribution is 2.26. The Morgan fingerprint density at radius 2 is 1.95 bits per heavy atom. The number of para-hydroxylation sites is 1. The molecule has 1 aliphatic heterocycles. The number of anilines is 2. The summed E-state index contributed by atoms with van der Waals surface area (Å²) >= 11 is 0. The first kappa shape index (κ1) is 15.1. The SMILES string of the molecule is CS(=O)(=O)c1cccc(NCCN2CCCCC2)c1N. The van der Waals surface area contributed by atoms with Gasteiger partial charge in [0.15, 0.2) is 9.84 Å². The van der Waals surface area contributed by atoms with Crippen LogP contribution in [-0.4, -0.2) is 45.8 Å². The molecular formula is C14H23N3O2S. The summed E-state index contributed by atoms with van der Waals surface area (Å²) in [6.45, 7) is 4.04. The molecule has 0 bridgehead atoms. The van der Waals surface area contributed by atoms with Crippen LogP contribution < -0.4 is 11.1 Å². The minimum absolute atomic E-state index is 0.195. The number of benzene rings is 1. The molecule has 0 aromatic heterocycles. The Morgan fingerprint density at radius 1 is 1.25 bits per heavy atom. The van der Waals surface area contributed by atoms with E-state index in [2.05, 4.69) is 10.2 Å². The van der Waals surface area contributed by atoms with Gasteiger partial charge in [0.2, 0.25) is 0 Å². The highest BCUT2D eigenvalue weighted by molar-refractivity contribution is 7.90. The van der Waals surface area contributed by atoms with Crippen molar-refractivity contribution in [3.8, 4) is 0 Å². The molecule has 0 saturated carbocycles. The van der Waals surface area contributed by atoms with E-state index in [1.807, 2.05) is 6.07 Å². The van der Waals surface area contributed by atoms with Gasteiger partial charge in [0, 0.05) is 19.3 Å². The first-order valence-corrected chi connectivity index (χ1v) is 8.92. The van der Waals surface area contributed by atoms with E-state index in [4.69, 9.17) is 5.73 Å². The molecule has 1 heterocycles. The fourth-order valence-electron chi connectivity index (χ4n) is 2.55. The molecule has 1 aliphatic rings. The van der Waals surface area contributed by atoms with Crippen LogP contribution in [0, 0.1) is 0 Å². The predicted octanol–water partition coefficient (Wildman–Crippen LogP) is 1.57. The van der Waals surface area contributed by atoms with Crippen LogP contribution in [0.5, 0.6) is 0 Å². The number of nitrogens with one attached hydrogen (secondary N) is 1. The third kappa shape index (κ3) is 3.86. The van der Waals surface area contributed by atoms with Crippen LogP contribution in [-0.2, 0) is 9.84 Å². The minimum atomic E-state index is -3.28. The highest BCUT2D eigenvalue weighted by Gasteiger charge is 2.14. The summed E-state index contributed by atoms with van der Waals surface area (Å²) in [5, 5.41) is 3.24. The van der Waals surface area contributed by atoms with Gasteiger partial charge in [-0.1, -0.05) is 12.5 Å². The van der Waals surface area contributed by atoms with E-state index in [0.717, 1.165) is 26.2 Å². The third-order valence-electron chi connectivity index (χ3n) is 3.66. The Morgan fingerprint density at radius 3 is 2.60 bits per heavy atom. The molecule has 0 aliphatic carbocycles. The van der Waals surface area contributed by atoms with Gasteiger partial charge in [0.25, 0.3) is 0 Å². The fraction of sp³-hybridized carbons (Fsp3) is 0.571. The van der Waals surface area contributed by atoms with Crippen molar-refractivity contribution >= 4 is 21.2 Å². The maximum atomic E-state index is 11.6. The molecule has 1 aromatic carbocycles. The maximum absolute atomic E-state index is 11.6. The van der Waals surface area contributed by atoms with Crippen molar-refractivity contribution < 1.29 is 8.42 Å². The summed E-state index contributed by atoms with van der Waals surface area (Å²) in [5.74, 6) is 0. The van der Waals surface area contributed by atoms with Crippen LogP contribution in [0.2, 0.25) is 0 Å². The van der Waals surface area contributed by atoms with E-state index in [1.165, 1.54) is 25.5 Å². The molecule has 20 heavy (non-hydrogen) atoms. The van der Waals surface area contributed by atoms with E-state index in [1.54, 1.807) is 12.1 Å². The topological polar surface area (TPSA) is 75.4 Å². The molecule has 0 spiro atoms. The van der Waals surface area contributed by atoms with Crippen LogP contribution in [0.1, 0.15) is 19.3 Å². The largest absolute Gasteiger partial charge is 0.396 e. The predicted molar refractivity (Wildman–Crippen MR) is 82.7 cm³/mol. The maximum Gasteiger partial charge on any atom is 0.177 e. The molecular weight excluding hydrogens is 274 g/mol. The molecule has 0 amide bonds. The molecule has 0 radical (unpaired) electrons. The number of nitrogen functional groups attached to an aromatic ring is 1. The Kier molecular flexibility index (Phi) is 4.88. The van der Waals surface area contributed by atoms with Gasteiger partial charge in [0.1, 0.15) is 0 Å². The zero-order chi connectivity index (χ0) is 14.6. The first-order valence-electron chi connectivity index (χ1n) is 7.03. The monoisotopic (exact) mass is 297 g/mol. The second-order valence-electron chi connectivity index (χ2n) is 5.32. The molecule has 1 fully saturated rings. The Balaban J connectivity index is 1.96. The summed E-state index contributed by atoms with van der Waals surface area (Å²) in [4.78, 5) is 2.62. The van der Waals surface area contributed by atoms with Crippen LogP contribution >= 0.6 is 0 Å². The zero-order valence-corrected chi connectivity index (χ0v) is 12.7. The zero-order valence-electron chi connectivity index (χ0n) is 11.9. The number of sulfone groups is 1. The Hall–Kier alpha value is -1.27. The van der Waals surface area contributed by atoms with Crippen LogP contribution in [0.4, 0.5) is 11.4 Å². The summed E-state index contributed by atoms with van der Waals surface area (Å²) in [7, 11) is -3.28. The lowest BCUT2D eigenvalue weighted by atomic mass is 10.1. The van der Waals surface area contributed by atoms with Gasteiger partial charge >= 0.3 is 0 Å². The number of piperidine rings is 1. The van der Waals surface area contributed by atoms with Gasteiger partial charge in [-0.2, -0.15) is 0 Å². The molecule has 1 saturated heterocycles. The lowest BCUT2D eigenvalue weighted by molar-refractivity contribution is 0.237. The smallest absolute Gasteiger partial charge is 0.177 e. The van der Waals surface area contributed by atoms with E-state index < -0.39 is 9.84 Å². The van der Waals surface area contributed by atoms with Gasteiger partial charge in [-0.05, 0) is 38.1 Å². The van der Waals surface area contributed by atoms with Crippen LogP contribution in [0.3, 0.4) is 0 Å². The van der Waals surface area contributed by atoms with Crippen LogP contribution in [0.25, 0.3) is 0 Å². The number of nitrogens with zero attached hydrogens (tertiary/aromatic N) is 1.